The number of benzene rings is 2. The van der Waals surface area contributed by atoms with Gasteiger partial charge in [0.2, 0.25) is 5.82 Å². The highest BCUT2D eigenvalue weighted by atomic mass is 19.1. The van der Waals surface area contributed by atoms with Crippen LogP contribution in [-0.4, -0.2) is 25.1 Å². The molecule has 2 aromatic carbocycles. The molecule has 0 N–H and O–H groups in total. The van der Waals surface area contributed by atoms with Gasteiger partial charge in [-0.05, 0) is 17.7 Å². The predicted octanol–water partition coefficient (Wildman–Crippen LogP) is 3.18. The van der Waals surface area contributed by atoms with E-state index in [1.54, 1.807) is 29.1 Å². The Kier molecular flexibility index (Phi) is 3.59. The zero-order valence-electron chi connectivity index (χ0n) is 12.5. The lowest BCUT2D eigenvalue weighted by molar-refractivity contribution is 0.429. The van der Waals surface area contributed by atoms with Crippen LogP contribution in [0.2, 0.25) is 0 Å². The van der Waals surface area contributed by atoms with E-state index in [1.165, 1.54) is 6.07 Å². The fourth-order valence-electron chi connectivity index (χ4n) is 2.32. The van der Waals surface area contributed by atoms with E-state index in [1.807, 2.05) is 30.3 Å². The van der Waals surface area contributed by atoms with Gasteiger partial charge >= 0.3 is 0 Å². The highest BCUT2D eigenvalue weighted by Crippen LogP contribution is 2.23. The number of rotatable bonds is 4. The first-order valence-corrected chi connectivity index (χ1v) is 7.32. The maximum atomic E-state index is 13.8. The average Bonchev–Trinajstić information content (AvgIpc) is 3.25. The van der Waals surface area contributed by atoms with Crippen molar-refractivity contribution in [1.29, 1.82) is 0 Å². The van der Waals surface area contributed by atoms with Crippen LogP contribution in [0.15, 0.2) is 65.3 Å². The number of hydrogen-bond donors (Lipinski definition) is 0. The van der Waals surface area contributed by atoms with E-state index in [0.29, 0.717) is 12.2 Å². The Morgan fingerprint density at radius 2 is 1.79 bits per heavy atom. The molecule has 0 bridgehead atoms. The van der Waals surface area contributed by atoms with Gasteiger partial charge in [-0.25, -0.2) is 9.07 Å². The molecular weight excluding hydrogens is 309 g/mol. The molecule has 24 heavy (non-hydrogen) atoms. The maximum Gasteiger partial charge on any atom is 0.261 e. The van der Waals surface area contributed by atoms with Gasteiger partial charge in [-0.1, -0.05) is 52.8 Å². The number of halogens is 1. The third-order valence-electron chi connectivity index (χ3n) is 3.49. The second kappa shape index (κ2) is 6.04. The molecule has 0 atom stereocenters. The quantitative estimate of drug-likeness (QED) is 0.577. The second-order valence-corrected chi connectivity index (χ2v) is 5.19. The van der Waals surface area contributed by atoms with Gasteiger partial charge in [0.1, 0.15) is 5.82 Å². The molecule has 0 spiro atoms. The Morgan fingerprint density at radius 1 is 1.00 bits per heavy atom. The monoisotopic (exact) mass is 321 g/mol. The summed E-state index contributed by atoms with van der Waals surface area (Å²) in [6.07, 6.45) is 1.73. The Morgan fingerprint density at radius 3 is 2.62 bits per heavy atom. The molecule has 0 unspecified atom stereocenters. The third-order valence-corrected chi connectivity index (χ3v) is 3.49. The SMILES string of the molecule is Fc1ccccc1-c1nc(-c2cn(Cc3ccccc3)nn2)no1. The van der Waals surface area contributed by atoms with Gasteiger partial charge in [0.15, 0.2) is 5.69 Å². The molecule has 7 heteroatoms. The minimum atomic E-state index is -0.416. The number of aromatic nitrogens is 5. The lowest BCUT2D eigenvalue weighted by Gasteiger charge is -1.98. The highest BCUT2D eigenvalue weighted by molar-refractivity contribution is 5.57. The first-order chi connectivity index (χ1) is 11.8. The van der Waals surface area contributed by atoms with Crippen molar-refractivity contribution in [3.05, 3.63) is 72.2 Å². The summed E-state index contributed by atoms with van der Waals surface area (Å²) in [5, 5.41) is 12.0. The summed E-state index contributed by atoms with van der Waals surface area (Å²) in [7, 11) is 0. The summed E-state index contributed by atoms with van der Waals surface area (Å²) < 4.78 is 20.6. The van der Waals surface area contributed by atoms with Crippen LogP contribution in [-0.2, 0) is 6.54 Å². The lowest BCUT2D eigenvalue weighted by atomic mass is 10.2. The molecule has 0 aliphatic rings. The van der Waals surface area contributed by atoms with E-state index in [-0.39, 0.29) is 17.3 Å². The van der Waals surface area contributed by atoms with Crippen molar-refractivity contribution in [3.8, 4) is 23.0 Å². The van der Waals surface area contributed by atoms with Gasteiger partial charge in [-0.2, -0.15) is 4.98 Å². The Balaban J connectivity index is 1.58. The molecule has 0 saturated carbocycles. The van der Waals surface area contributed by atoms with E-state index in [2.05, 4.69) is 20.5 Å². The molecule has 0 aliphatic heterocycles. The molecule has 0 aliphatic carbocycles. The maximum absolute atomic E-state index is 13.8. The van der Waals surface area contributed by atoms with Gasteiger partial charge in [-0.15, -0.1) is 5.10 Å². The first kappa shape index (κ1) is 14.3. The van der Waals surface area contributed by atoms with Crippen LogP contribution >= 0.6 is 0 Å². The molecular formula is C17H12FN5O. The zero-order valence-corrected chi connectivity index (χ0v) is 12.5. The van der Waals surface area contributed by atoms with Crippen LogP contribution in [0.3, 0.4) is 0 Å². The summed E-state index contributed by atoms with van der Waals surface area (Å²) in [6, 6.07) is 16.1. The molecule has 0 radical (unpaired) electrons. The molecule has 4 aromatic rings. The summed E-state index contributed by atoms with van der Waals surface area (Å²) >= 11 is 0. The van der Waals surface area contributed by atoms with Gasteiger partial charge in [-0.3, -0.25) is 0 Å². The van der Waals surface area contributed by atoms with Crippen molar-refractivity contribution in [2.24, 2.45) is 0 Å². The summed E-state index contributed by atoms with van der Waals surface area (Å²) in [5.41, 5.74) is 1.83. The zero-order chi connectivity index (χ0) is 16.4. The summed E-state index contributed by atoms with van der Waals surface area (Å²) in [6.45, 7) is 0.589. The van der Waals surface area contributed by atoms with Crippen molar-refractivity contribution < 1.29 is 8.91 Å². The number of nitrogens with zero attached hydrogens (tertiary/aromatic N) is 5. The van der Waals surface area contributed by atoms with Crippen molar-refractivity contribution in [1.82, 2.24) is 25.1 Å². The normalized spacial score (nSPS) is 10.9. The predicted molar refractivity (Wildman–Crippen MR) is 84.3 cm³/mol. The van der Waals surface area contributed by atoms with Gasteiger partial charge in [0, 0.05) is 0 Å². The van der Waals surface area contributed by atoms with E-state index in [4.69, 9.17) is 4.52 Å². The first-order valence-electron chi connectivity index (χ1n) is 7.32. The van der Waals surface area contributed by atoms with Crippen LogP contribution in [0.5, 0.6) is 0 Å². The average molecular weight is 321 g/mol. The minimum Gasteiger partial charge on any atom is -0.333 e. The Bertz CT molecular complexity index is 964. The van der Waals surface area contributed by atoms with Gasteiger partial charge in [0.05, 0.1) is 18.3 Å². The molecule has 4 rings (SSSR count). The van der Waals surface area contributed by atoms with Crippen LogP contribution in [0.4, 0.5) is 4.39 Å². The Labute approximate surface area is 136 Å². The van der Waals surface area contributed by atoms with Crippen LogP contribution < -0.4 is 0 Å². The fraction of sp³-hybridized carbons (Fsp3) is 0.0588. The summed E-state index contributed by atoms with van der Waals surface area (Å²) in [4.78, 5) is 4.20. The molecule has 2 aromatic heterocycles. The third kappa shape index (κ3) is 2.79. The van der Waals surface area contributed by atoms with E-state index in [9.17, 15) is 4.39 Å². The Hall–Kier alpha value is -3.35. The van der Waals surface area contributed by atoms with Crippen LogP contribution in [0.25, 0.3) is 23.0 Å². The highest BCUT2D eigenvalue weighted by Gasteiger charge is 2.16. The lowest BCUT2D eigenvalue weighted by Crippen LogP contribution is -1.99. The van der Waals surface area contributed by atoms with Crippen molar-refractivity contribution in [3.63, 3.8) is 0 Å². The van der Waals surface area contributed by atoms with Gasteiger partial charge in [0.25, 0.3) is 5.89 Å². The molecule has 0 fully saturated rings. The molecule has 0 amide bonds. The molecule has 6 nitrogen and oxygen atoms in total. The summed E-state index contributed by atoms with van der Waals surface area (Å²) in [5.74, 6) is -0.0336. The molecule has 2 heterocycles. The smallest absolute Gasteiger partial charge is 0.261 e. The minimum absolute atomic E-state index is 0.112. The van der Waals surface area contributed by atoms with E-state index >= 15 is 0 Å². The van der Waals surface area contributed by atoms with Crippen LogP contribution in [0.1, 0.15) is 5.56 Å². The number of hydrogen-bond acceptors (Lipinski definition) is 5. The van der Waals surface area contributed by atoms with Crippen molar-refractivity contribution >= 4 is 0 Å². The largest absolute Gasteiger partial charge is 0.333 e. The second-order valence-electron chi connectivity index (χ2n) is 5.19. The topological polar surface area (TPSA) is 69.6 Å². The van der Waals surface area contributed by atoms with Crippen LogP contribution in [0, 0.1) is 5.82 Å². The van der Waals surface area contributed by atoms with Crippen molar-refractivity contribution in [2.45, 2.75) is 6.54 Å². The standard InChI is InChI=1S/C17H12FN5O/c18-14-9-5-4-8-13(14)17-19-16(21-24-17)15-11-23(22-20-15)10-12-6-2-1-3-7-12/h1-9,11H,10H2. The van der Waals surface area contributed by atoms with E-state index in [0.717, 1.165) is 5.56 Å². The van der Waals surface area contributed by atoms with E-state index < -0.39 is 5.82 Å². The molecule has 118 valence electrons. The fourth-order valence-corrected chi connectivity index (χ4v) is 2.32. The molecule has 0 saturated heterocycles. The van der Waals surface area contributed by atoms with Gasteiger partial charge < -0.3 is 4.52 Å². The van der Waals surface area contributed by atoms with Crippen molar-refractivity contribution in [2.75, 3.05) is 0 Å².